The van der Waals surface area contributed by atoms with Crippen molar-refractivity contribution in [2.45, 2.75) is 20.8 Å². The van der Waals surface area contributed by atoms with Gasteiger partial charge in [-0.1, -0.05) is 6.92 Å². The summed E-state index contributed by atoms with van der Waals surface area (Å²) in [7, 11) is -1.99. The van der Waals surface area contributed by atoms with Crippen molar-refractivity contribution in [2.75, 3.05) is 38.3 Å². The molecule has 1 amide bonds. The Bertz CT molecular complexity index is 355. The van der Waals surface area contributed by atoms with E-state index in [2.05, 4.69) is 0 Å². The summed E-state index contributed by atoms with van der Waals surface area (Å²) in [5.74, 6) is -0.0393. The van der Waals surface area contributed by atoms with Crippen LogP contribution in [-0.4, -0.2) is 61.8 Å². The summed E-state index contributed by atoms with van der Waals surface area (Å²) >= 11 is 5.61. The Morgan fingerprint density at radius 3 is 2.17 bits per heavy atom. The van der Waals surface area contributed by atoms with E-state index in [1.54, 1.807) is 11.8 Å². The lowest BCUT2D eigenvalue weighted by molar-refractivity contribution is -0.130. The number of halogens is 1. The normalized spacial score (nSPS) is 13.7. The summed E-state index contributed by atoms with van der Waals surface area (Å²) in [6.07, 6.45) is 0. The number of nitrogens with zero attached hydrogens (tertiary/aromatic N) is 2. The number of hydrogen-bond donors (Lipinski definition) is 0. The van der Waals surface area contributed by atoms with E-state index in [1.807, 2.05) is 13.8 Å². The van der Waals surface area contributed by atoms with Gasteiger partial charge in [0.2, 0.25) is 15.9 Å². The number of sulfonamides is 1. The van der Waals surface area contributed by atoms with Crippen molar-refractivity contribution in [2.24, 2.45) is 5.92 Å². The van der Waals surface area contributed by atoms with Crippen LogP contribution in [0.5, 0.6) is 0 Å². The van der Waals surface area contributed by atoms with Crippen molar-refractivity contribution in [3.8, 4) is 0 Å². The van der Waals surface area contributed by atoms with Gasteiger partial charge < -0.3 is 4.90 Å². The smallest absolute Gasteiger partial charge is 0.237 e. The lowest BCUT2D eigenvalue weighted by Gasteiger charge is -2.23. The molecule has 0 aliphatic rings. The number of rotatable bonds is 8. The maximum absolute atomic E-state index is 11.9. The first-order chi connectivity index (χ1) is 8.28. The highest BCUT2D eigenvalue weighted by molar-refractivity contribution is 7.89. The average molecular weight is 299 g/mol. The van der Waals surface area contributed by atoms with Crippen molar-refractivity contribution in [1.29, 1.82) is 0 Å². The largest absolute Gasteiger partial charge is 0.342 e. The molecule has 0 aromatic rings. The minimum atomic E-state index is -3.42. The molecule has 0 saturated heterocycles. The molecule has 0 aliphatic carbocycles. The van der Waals surface area contributed by atoms with Crippen LogP contribution in [-0.2, 0) is 14.8 Å². The maximum atomic E-state index is 11.9. The molecule has 0 aromatic heterocycles. The monoisotopic (exact) mass is 298 g/mol. The molecule has 5 nitrogen and oxygen atoms in total. The fourth-order valence-corrected chi connectivity index (χ4v) is 3.13. The van der Waals surface area contributed by atoms with E-state index in [-0.39, 0.29) is 30.0 Å². The van der Waals surface area contributed by atoms with Gasteiger partial charge in [-0.15, -0.1) is 11.6 Å². The van der Waals surface area contributed by atoms with E-state index in [1.165, 1.54) is 7.05 Å². The first-order valence-corrected chi connectivity index (χ1v) is 8.20. The number of likely N-dealkylation sites (N-methyl/N-ethyl adjacent to an activating group) is 2. The Balaban J connectivity index is 4.56. The summed E-state index contributed by atoms with van der Waals surface area (Å²) in [6.45, 7) is 6.56. The zero-order valence-corrected chi connectivity index (χ0v) is 13.1. The molecule has 0 spiro atoms. The van der Waals surface area contributed by atoms with E-state index in [0.717, 1.165) is 4.31 Å². The van der Waals surface area contributed by atoms with Gasteiger partial charge in [0.15, 0.2) is 0 Å². The molecule has 0 radical (unpaired) electrons. The van der Waals surface area contributed by atoms with Gasteiger partial charge in [0, 0.05) is 26.0 Å². The Morgan fingerprint density at radius 1 is 1.28 bits per heavy atom. The fraction of sp³-hybridized carbons (Fsp3) is 0.909. The van der Waals surface area contributed by atoms with Crippen LogP contribution in [0, 0.1) is 5.92 Å². The third-order valence-corrected chi connectivity index (χ3v) is 5.30. The molecule has 0 fully saturated rings. The third kappa shape index (κ3) is 5.54. The van der Waals surface area contributed by atoms with Gasteiger partial charge in [0.25, 0.3) is 0 Å². The molecule has 0 heterocycles. The quantitative estimate of drug-likeness (QED) is 0.628. The summed E-state index contributed by atoms with van der Waals surface area (Å²) in [5.41, 5.74) is 0. The zero-order chi connectivity index (χ0) is 14.3. The van der Waals surface area contributed by atoms with Crippen molar-refractivity contribution in [3.05, 3.63) is 0 Å². The Hall–Kier alpha value is -0.330. The SMILES string of the molecule is CCN(CC)C(=O)CN(C)S(=O)(=O)CC(C)CCl. The lowest BCUT2D eigenvalue weighted by atomic mass is 10.3. The van der Waals surface area contributed by atoms with Crippen LogP contribution in [0.2, 0.25) is 0 Å². The van der Waals surface area contributed by atoms with E-state index in [0.29, 0.717) is 13.1 Å². The molecule has 108 valence electrons. The van der Waals surface area contributed by atoms with Crippen molar-refractivity contribution >= 4 is 27.5 Å². The van der Waals surface area contributed by atoms with Crippen LogP contribution >= 0.6 is 11.6 Å². The molecular weight excluding hydrogens is 276 g/mol. The highest BCUT2D eigenvalue weighted by Crippen LogP contribution is 2.07. The third-order valence-electron chi connectivity index (χ3n) is 2.71. The predicted octanol–water partition coefficient (Wildman–Crippen LogP) is 0.991. The lowest BCUT2D eigenvalue weighted by Crippen LogP contribution is -2.42. The van der Waals surface area contributed by atoms with Crippen LogP contribution in [0.1, 0.15) is 20.8 Å². The average Bonchev–Trinajstić information content (AvgIpc) is 2.29. The second-order valence-electron chi connectivity index (χ2n) is 4.36. The first kappa shape index (κ1) is 17.7. The highest BCUT2D eigenvalue weighted by atomic mass is 35.5. The second-order valence-corrected chi connectivity index (χ2v) is 6.79. The molecule has 0 bridgehead atoms. The minimum absolute atomic E-state index is 0.0292. The Morgan fingerprint density at radius 2 is 1.78 bits per heavy atom. The Kier molecular flexibility index (Phi) is 7.82. The molecule has 0 N–H and O–H groups in total. The molecule has 0 aliphatic heterocycles. The molecular formula is C11H23ClN2O3S. The van der Waals surface area contributed by atoms with Gasteiger partial charge >= 0.3 is 0 Å². The number of amides is 1. The predicted molar refractivity (Wildman–Crippen MR) is 74.2 cm³/mol. The topological polar surface area (TPSA) is 57.7 Å². The summed E-state index contributed by atoms with van der Waals surface area (Å²) in [6, 6.07) is 0. The van der Waals surface area contributed by atoms with E-state index >= 15 is 0 Å². The molecule has 18 heavy (non-hydrogen) atoms. The van der Waals surface area contributed by atoms with Crippen molar-refractivity contribution in [3.63, 3.8) is 0 Å². The number of alkyl halides is 1. The number of carbonyl (C=O) groups excluding carboxylic acids is 1. The van der Waals surface area contributed by atoms with Gasteiger partial charge in [0.05, 0.1) is 12.3 Å². The van der Waals surface area contributed by atoms with Crippen LogP contribution in [0.15, 0.2) is 0 Å². The molecule has 0 aromatic carbocycles. The maximum Gasteiger partial charge on any atom is 0.237 e. The number of hydrogen-bond acceptors (Lipinski definition) is 3. The van der Waals surface area contributed by atoms with Gasteiger partial charge in [-0.25, -0.2) is 8.42 Å². The Labute approximate surface area is 115 Å². The van der Waals surface area contributed by atoms with E-state index < -0.39 is 10.0 Å². The van der Waals surface area contributed by atoms with Crippen LogP contribution < -0.4 is 0 Å². The molecule has 1 unspecified atom stereocenters. The fourth-order valence-electron chi connectivity index (χ4n) is 1.50. The highest BCUT2D eigenvalue weighted by Gasteiger charge is 2.24. The summed E-state index contributed by atoms with van der Waals surface area (Å²) in [4.78, 5) is 13.4. The standard InChI is InChI=1S/C11H23ClN2O3S/c1-5-14(6-2)11(15)8-13(4)18(16,17)9-10(3)7-12/h10H,5-9H2,1-4H3. The molecule has 7 heteroatoms. The van der Waals surface area contributed by atoms with Crippen LogP contribution in [0.25, 0.3) is 0 Å². The first-order valence-electron chi connectivity index (χ1n) is 6.06. The summed E-state index contributed by atoms with van der Waals surface area (Å²) < 4.78 is 25.0. The van der Waals surface area contributed by atoms with Gasteiger partial charge in [-0.3, -0.25) is 4.79 Å². The van der Waals surface area contributed by atoms with Crippen LogP contribution in [0.3, 0.4) is 0 Å². The molecule has 0 saturated carbocycles. The van der Waals surface area contributed by atoms with Gasteiger partial charge in [-0.05, 0) is 19.8 Å². The second kappa shape index (κ2) is 7.96. The van der Waals surface area contributed by atoms with E-state index in [4.69, 9.17) is 11.6 Å². The number of carbonyl (C=O) groups is 1. The van der Waals surface area contributed by atoms with E-state index in [9.17, 15) is 13.2 Å². The van der Waals surface area contributed by atoms with Gasteiger partial charge in [-0.2, -0.15) is 4.31 Å². The molecule has 1 atom stereocenters. The van der Waals surface area contributed by atoms with Gasteiger partial charge in [0.1, 0.15) is 0 Å². The van der Waals surface area contributed by atoms with Crippen molar-refractivity contribution in [1.82, 2.24) is 9.21 Å². The summed E-state index contributed by atoms with van der Waals surface area (Å²) in [5, 5.41) is 0. The zero-order valence-electron chi connectivity index (χ0n) is 11.5. The van der Waals surface area contributed by atoms with Crippen molar-refractivity contribution < 1.29 is 13.2 Å². The minimum Gasteiger partial charge on any atom is -0.342 e. The van der Waals surface area contributed by atoms with Crippen LogP contribution in [0.4, 0.5) is 0 Å². The molecule has 0 rings (SSSR count).